The summed E-state index contributed by atoms with van der Waals surface area (Å²) >= 11 is 0. The third-order valence-electron chi connectivity index (χ3n) is 2.57. The van der Waals surface area contributed by atoms with Crippen LogP contribution in [0.1, 0.15) is 31.1 Å². The van der Waals surface area contributed by atoms with E-state index in [1.54, 1.807) is 6.26 Å². The van der Waals surface area contributed by atoms with Crippen molar-refractivity contribution in [3.05, 3.63) is 23.7 Å². The first-order valence-electron chi connectivity index (χ1n) is 6.00. The molecule has 4 heteroatoms. The van der Waals surface area contributed by atoms with Crippen LogP contribution in [0.2, 0.25) is 0 Å². The minimum atomic E-state index is -0.165. The molecule has 1 rings (SSSR count). The number of furan rings is 1. The third kappa shape index (κ3) is 5.04. The van der Waals surface area contributed by atoms with Gasteiger partial charge in [0.25, 0.3) is 0 Å². The molecule has 0 amide bonds. The minimum Gasteiger partial charge on any atom is -0.469 e. The van der Waals surface area contributed by atoms with Gasteiger partial charge in [-0.2, -0.15) is 0 Å². The fraction of sp³-hybridized carbons (Fsp3) is 0.615. The van der Waals surface area contributed by atoms with E-state index in [0.717, 1.165) is 24.2 Å². The summed E-state index contributed by atoms with van der Waals surface area (Å²) in [6.45, 7) is 5.53. The van der Waals surface area contributed by atoms with Crippen molar-refractivity contribution >= 4 is 5.97 Å². The van der Waals surface area contributed by atoms with E-state index in [2.05, 4.69) is 6.92 Å². The van der Waals surface area contributed by atoms with Crippen LogP contribution in [-0.2, 0) is 16.1 Å². The van der Waals surface area contributed by atoms with E-state index in [9.17, 15) is 4.79 Å². The molecule has 0 aromatic carbocycles. The van der Waals surface area contributed by atoms with Crippen LogP contribution >= 0.6 is 0 Å². The van der Waals surface area contributed by atoms with Gasteiger partial charge >= 0.3 is 5.97 Å². The van der Waals surface area contributed by atoms with Crippen molar-refractivity contribution in [2.24, 2.45) is 0 Å². The SMILES string of the molecule is CCCCOC(=O)CN(C)Cc1ccoc1C. The Morgan fingerprint density at radius 3 is 2.88 bits per heavy atom. The molecule has 0 saturated heterocycles. The fourth-order valence-corrected chi connectivity index (χ4v) is 1.52. The van der Waals surface area contributed by atoms with Crippen molar-refractivity contribution in [2.75, 3.05) is 20.2 Å². The van der Waals surface area contributed by atoms with Crippen molar-refractivity contribution in [1.29, 1.82) is 0 Å². The number of hydrogen-bond acceptors (Lipinski definition) is 4. The Hall–Kier alpha value is -1.29. The quantitative estimate of drug-likeness (QED) is 0.541. The van der Waals surface area contributed by atoms with Crippen LogP contribution in [0.4, 0.5) is 0 Å². The molecule has 0 unspecified atom stereocenters. The number of carbonyl (C=O) groups is 1. The second-order valence-electron chi connectivity index (χ2n) is 4.25. The summed E-state index contributed by atoms with van der Waals surface area (Å²) in [5.41, 5.74) is 1.11. The normalized spacial score (nSPS) is 10.8. The van der Waals surface area contributed by atoms with Gasteiger partial charge in [-0.1, -0.05) is 13.3 Å². The highest BCUT2D eigenvalue weighted by molar-refractivity contribution is 5.71. The summed E-state index contributed by atoms with van der Waals surface area (Å²) in [4.78, 5) is 13.4. The molecular weight excluding hydrogens is 218 g/mol. The van der Waals surface area contributed by atoms with Crippen LogP contribution in [-0.4, -0.2) is 31.1 Å². The molecule has 0 atom stereocenters. The fourth-order valence-electron chi connectivity index (χ4n) is 1.52. The molecule has 0 aliphatic heterocycles. The number of hydrogen-bond donors (Lipinski definition) is 0. The summed E-state index contributed by atoms with van der Waals surface area (Å²) in [6.07, 6.45) is 3.63. The Labute approximate surface area is 103 Å². The first-order chi connectivity index (χ1) is 8.13. The smallest absolute Gasteiger partial charge is 0.320 e. The average Bonchev–Trinajstić information content (AvgIpc) is 2.64. The molecule has 0 spiro atoms. The Kier molecular flexibility index (Phi) is 5.77. The molecule has 0 aliphatic rings. The number of rotatable bonds is 7. The second-order valence-corrected chi connectivity index (χ2v) is 4.25. The number of aryl methyl sites for hydroxylation is 1. The summed E-state index contributed by atoms with van der Waals surface area (Å²) in [5.74, 6) is 0.735. The molecule has 1 aromatic heterocycles. The molecule has 0 saturated carbocycles. The third-order valence-corrected chi connectivity index (χ3v) is 2.57. The zero-order valence-corrected chi connectivity index (χ0v) is 10.9. The Morgan fingerprint density at radius 1 is 1.53 bits per heavy atom. The maximum absolute atomic E-state index is 11.5. The van der Waals surface area contributed by atoms with Crippen LogP contribution < -0.4 is 0 Å². The van der Waals surface area contributed by atoms with Gasteiger partial charge in [-0.3, -0.25) is 9.69 Å². The lowest BCUT2D eigenvalue weighted by Gasteiger charge is -2.15. The molecule has 0 N–H and O–H groups in total. The topological polar surface area (TPSA) is 42.7 Å². The molecule has 0 bridgehead atoms. The van der Waals surface area contributed by atoms with Gasteiger partial charge in [0.15, 0.2) is 0 Å². The van der Waals surface area contributed by atoms with Crippen molar-refractivity contribution in [3.8, 4) is 0 Å². The van der Waals surface area contributed by atoms with E-state index >= 15 is 0 Å². The zero-order valence-electron chi connectivity index (χ0n) is 10.9. The van der Waals surface area contributed by atoms with Crippen LogP contribution in [0.5, 0.6) is 0 Å². The minimum absolute atomic E-state index is 0.165. The maximum Gasteiger partial charge on any atom is 0.320 e. The molecule has 96 valence electrons. The van der Waals surface area contributed by atoms with E-state index < -0.39 is 0 Å². The van der Waals surface area contributed by atoms with Crippen molar-refractivity contribution in [1.82, 2.24) is 4.90 Å². The van der Waals surface area contributed by atoms with Gasteiger partial charge in [-0.05, 0) is 26.5 Å². The molecule has 1 heterocycles. The summed E-state index contributed by atoms with van der Waals surface area (Å²) < 4.78 is 10.3. The number of esters is 1. The lowest BCUT2D eigenvalue weighted by Crippen LogP contribution is -2.27. The summed E-state index contributed by atoms with van der Waals surface area (Å²) in [5, 5.41) is 0. The highest BCUT2D eigenvalue weighted by Gasteiger charge is 2.10. The molecule has 0 fully saturated rings. The van der Waals surface area contributed by atoms with Gasteiger partial charge in [-0.25, -0.2) is 0 Å². The van der Waals surface area contributed by atoms with E-state index in [-0.39, 0.29) is 5.97 Å². The summed E-state index contributed by atoms with van der Waals surface area (Å²) in [7, 11) is 1.90. The number of likely N-dealkylation sites (N-methyl/N-ethyl adjacent to an activating group) is 1. The first kappa shape index (κ1) is 13.8. The standard InChI is InChI=1S/C13H21NO3/c1-4-5-7-17-13(15)10-14(3)9-12-6-8-16-11(12)2/h6,8H,4-5,7,9-10H2,1-3H3. The second kappa shape index (κ2) is 7.12. The lowest BCUT2D eigenvalue weighted by molar-refractivity contribution is -0.144. The van der Waals surface area contributed by atoms with Crippen LogP contribution in [0.15, 0.2) is 16.7 Å². The molecular formula is C13H21NO3. The Morgan fingerprint density at radius 2 is 2.29 bits per heavy atom. The molecule has 0 aliphatic carbocycles. The van der Waals surface area contributed by atoms with Gasteiger partial charge in [-0.15, -0.1) is 0 Å². The van der Waals surface area contributed by atoms with Crippen LogP contribution in [0.3, 0.4) is 0 Å². The van der Waals surface area contributed by atoms with Crippen molar-refractivity contribution in [2.45, 2.75) is 33.2 Å². The Bertz CT molecular complexity index is 346. The number of unbranched alkanes of at least 4 members (excludes halogenated alkanes) is 1. The van der Waals surface area contributed by atoms with E-state index in [1.807, 2.05) is 24.9 Å². The van der Waals surface area contributed by atoms with Gasteiger partial charge in [0.1, 0.15) is 5.76 Å². The van der Waals surface area contributed by atoms with Gasteiger partial charge in [0.2, 0.25) is 0 Å². The van der Waals surface area contributed by atoms with E-state index in [4.69, 9.17) is 9.15 Å². The highest BCUT2D eigenvalue weighted by atomic mass is 16.5. The van der Waals surface area contributed by atoms with Gasteiger partial charge < -0.3 is 9.15 Å². The average molecular weight is 239 g/mol. The van der Waals surface area contributed by atoms with Crippen LogP contribution in [0.25, 0.3) is 0 Å². The first-order valence-corrected chi connectivity index (χ1v) is 6.00. The maximum atomic E-state index is 11.5. The lowest BCUT2D eigenvalue weighted by atomic mass is 10.2. The van der Waals surface area contributed by atoms with Crippen molar-refractivity contribution < 1.29 is 13.9 Å². The Balaban J connectivity index is 2.27. The monoisotopic (exact) mass is 239 g/mol. The molecule has 0 radical (unpaired) electrons. The number of carbonyl (C=O) groups excluding carboxylic acids is 1. The molecule has 17 heavy (non-hydrogen) atoms. The van der Waals surface area contributed by atoms with Gasteiger partial charge in [0.05, 0.1) is 19.4 Å². The van der Waals surface area contributed by atoms with Crippen molar-refractivity contribution in [3.63, 3.8) is 0 Å². The zero-order chi connectivity index (χ0) is 12.7. The van der Waals surface area contributed by atoms with Gasteiger partial charge in [0, 0.05) is 12.1 Å². The largest absolute Gasteiger partial charge is 0.469 e. The predicted molar refractivity (Wildman–Crippen MR) is 65.6 cm³/mol. The van der Waals surface area contributed by atoms with E-state index in [1.165, 1.54) is 0 Å². The van der Waals surface area contributed by atoms with E-state index in [0.29, 0.717) is 19.7 Å². The molecule has 1 aromatic rings. The molecule has 4 nitrogen and oxygen atoms in total. The predicted octanol–water partition coefficient (Wildman–Crippen LogP) is 2.36. The summed E-state index contributed by atoms with van der Waals surface area (Å²) in [6, 6.07) is 1.92. The number of ether oxygens (including phenoxy) is 1. The van der Waals surface area contributed by atoms with Crippen LogP contribution in [0, 0.1) is 6.92 Å². The number of nitrogens with zero attached hydrogens (tertiary/aromatic N) is 1. The highest BCUT2D eigenvalue weighted by Crippen LogP contribution is 2.10.